The average Bonchev–Trinajstić information content (AvgIpc) is 3.42. The number of nitrogens with one attached hydrogen (secondary N) is 2. The first kappa shape index (κ1) is 21.8. The predicted octanol–water partition coefficient (Wildman–Crippen LogP) is 2.85. The fraction of sp³-hybridized carbons (Fsp3) is 0.120. The van der Waals surface area contributed by atoms with Crippen molar-refractivity contribution in [2.24, 2.45) is 12.0 Å². The Morgan fingerprint density at radius 1 is 1.15 bits per heavy atom. The summed E-state index contributed by atoms with van der Waals surface area (Å²) in [6, 6.07) is 13.1. The highest BCUT2D eigenvalue weighted by Gasteiger charge is 2.17. The molecule has 1 aliphatic heterocycles. The molecular formula is C25H23N5O3. The molecule has 2 amide bonds. The van der Waals surface area contributed by atoms with Crippen LogP contribution in [0.1, 0.15) is 21.5 Å². The lowest BCUT2D eigenvalue weighted by molar-refractivity contribution is -0.118. The van der Waals surface area contributed by atoms with Gasteiger partial charge in [0.25, 0.3) is 5.91 Å². The van der Waals surface area contributed by atoms with Gasteiger partial charge in [0.05, 0.1) is 17.8 Å². The highest BCUT2D eigenvalue weighted by atomic mass is 16.5. The van der Waals surface area contributed by atoms with Crippen molar-refractivity contribution < 1.29 is 14.3 Å². The lowest BCUT2D eigenvalue weighted by Crippen LogP contribution is -2.39. The maximum Gasteiger partial charge on any atom is 0.253 e. The van der Waals surface area contributed by atoms with Crippen molar-refractivity contribution in [2.45, 2.75) is 6.61 Å². The van der Waals surface area contributed by atoms with E-state index in [1.54, 1.807) is 53.6 Å². The molecule has 2 N–H and O–H groups in total. The molecule has 0 saturated heterocycles. The third-order valence-electron chi connectivity index (χ3n) is 4.89. The van der Waals surface area contributed by atoms with Gasteiger partial charge in [-0.15, -0.1) is 0 Å². The van der Waals surface area contributed by atoms with Crippen LogP contribution >= 0.6 is 0 Å². The molecule has 1 aliphatic rings. The second-order valence-corrected chi connectivity index (χ2v) is 7.48. The van der Waals surface area contributed by atoms with Crippen LogP contribution in [0, 0.1) is 0 Å². The van der Waals surface area contributed by atoms with Crippen LogP contribution in [0.5, 0.6) is 5.75 Å². The number of pyridine rings is 1. The highest BCUT2D eigenvalue weighted by Crippen LogP contribution is 2.25. The summed E-state index contributed by atoms with van der Waals surface area (Å²) in [4.78, 5) is 32.9. The predicted molar refractivity (Wildman–Crippen MR) is 125 cm³/mol. The Morgan fingerprint density at radius 3 is 2.73 bits per heavy atom. The van der Waals surface area contributed by atoms with Crippen molar-refractivity contribution in [3.8, 4) is 5.75 Å². The third kappa shape index (κ3) is 5.62. The summed E-state index contributed by atoms with van der Waals surface area (Å²) in [5.41, 5.74) is 3.63. The smallest absolute Gasteiger partial charge is 0.253 e. The number of amides is 2. The number of carbonyl (C=O) groups excluding carboxylic acids is 2. The van der Waals surface area contributed by atoms with E-state index in [1.165, 1.54) is 0 Å². The summed E-state index contributed by atoms with van der Waals surface area (Å²) >= 11 is 0. The molecule has 0 spiro atoms. The van der Waals surface area contributed by atoms with Crippen LogP contribution in [0.3, 0.4) is 0 Å². The Kier molecular flexibility index (Phi) is 6.45. The quantitative estimate of drug-likeness (QED) is 0.589. The number of carbonyl (C=O) groups is 2. The van der Waals surface area contributed by atoms with Gasteiger partial charge in [0.1, 0.15) is 18.2 Å². The standard InChI is InChI=1S/C25H23N5O3/c1-17-12-22(19-5-3-4-18(13-19)16-33-21-6-9-26-10-7-21)28-24(17)29-23(31)14-27-25(32)20-8-11-30(2)15-20/h3-13,15H,1,14,16H2,2H3,(H,27,32)(H,28,29,31). The Hall–Kier alpha value is -4.46. The molecule has 0 atom stereocenters. The number of benzene rings is 1. The Labute approximate surface area is 191 Å². The van der Waals surface area contributed by atoms with Gasteiger partial charge < -0.3 is 19.9 Å². The molecule has 8 heteroatoms. The van der Waals surface area contributed by atoms with Crippen molar-refractivity contribution in [1.82, 2.24) is 20.2 Å². The SMILES string of the molecule is C=C1C=C(c2cccc(COc3ccncc3)c2)N=C1NC(=O)CNC(=O)c1ccn(C)c1. The number of rotatable bonds is 7. The maximum atomic E-state index is 12.3. The number of hydrogen-bond acceptors (Lipinski definition) is 5. The van der Waals surface area contributed by atoms with Crippen LogP contribution in [0.25, 0.3) is 5.70 Å². The third-order valence-corrected chi connectivity index (χ3v) is 4.89. The summed E-state index contributed by atoms with van der Waals surface area (Å²) in [5.74, 6) is 0.407. The summed E-state index contributed by atoms with van der Waals surface area (Å²) in [6.45, 7) is 4.20. The summed E-state index contributed by atoms with van der Waals surface area (Å²) in [5, 5.41) is 5.31. The molecule has 0 unspecified atom stereocenters. The van der Waals surface area contributed by atoms with Crippen molar-refractivity contribution in [1.29, 1.82) is 0 Å². The molecule has 2 aromatic heterocycles. The van der Waals surface area contributed by atoms with Crippen LogP contribution in [0.4, 0.5) is 0 Å². The second kappa shape index (κ2) is 9.78. The van der Waals surface area contributed by atoms with Gasteiger partial charge in [-0.3, -0.25) is 14.6 Å². The van der Waals surface area contributed by atoms with E-state index in [0.29, 0.717) is 29.3 Å². The molecule has 0 saturated carbocycles. The number of nitrogens with zero attached hydrogens (tertiary/aromatic N) is 3. The molecule has 33 heavy (non-hydrogen) atoms. The molecule has 8 nitrogen and oxygen atoms in total. The lowest BCUT2D eigenvalue weighted by atomic mass is 10.1. The van der Waals surface area contributed by atoms with E-state index in [1.807, 2.05) is 31.3 Å². The number of aromatic nitrogens is 2. The van der Waals surface area contributed by atoms with Gasteiger partial charge in [-0.1, -0.05) is 24.8 Å². The summed E-state index contributed by atoms with van der Waals surface area (Å²) in [7, 11) is 1.82. The number of amidine groups is 1. The van der Waals surface area contributed by atoms with Crippen LogP contribution in [-0.4, -0.2) is 33.7 Å². The van der Waals surface area contributed by atoms with E-state index in [9.17, 15) is 9.59 Å². The normalized spacial score (nSPS) is 12.7. The molecule has 4 rings (SSSR count). The topological polar surface area (TPSA) is 97.6 Å². The minimum absolute atomic E-state index is 0.169. The summed E-state index contributed by atoms with van der Waals surface area (Å²) in [6.07, 6.45) is 8.61. The van der Waals surface area contributed by atoms with Crippen molar-refractivity contribution in [3.05, 3.63) is 102 Å². The van der Waals surface area contributed by atoms with E-state index >= 15 is 0 Å². The van der Waals surface area contributed by atoms with Crippen LogP contribution < -0.4 is 15.4 Å². The number of aryl methyl sites for hydroxylation is 1. The largest absolute Gasteiger partial charge is 0.489 e. The molecule has 3 aromatic rings. The van der Waals surface area contributed by atoms with Crippen LogP contribution in [0.2, 0.25) is 0 Å². The second-order valence-electron chi connectivity index (χ2n) is 7.48. The molecular weight excluding hydrogens is 418 g/mol. The molecule has 0 bridgehead atoms. The van der Waals surface area contributed by atoms with Gasteiger partial charge in [-0.25, -0.2) is 4.99 Å². The fourth-order valence-electron chi connectivity index (χ4n) is 3.21. The fourth-order valence-corrected chi connectivity index (χ4v) is 3.21. The van der Waals surface area contributed by atoms with Gasteiger partial charge in [0, 0.05) is 43.0 Å². The van der Waals surface area contributed by atoms with E-state index in [2.05, 4.69) is 27.2 Å². The number of ether oxygens (including phenoxy) is 1. The molecule has 0 fully saturated rings. The van der Waals surface area contributed by atoms with Crippen molar-refractivity contribution in [3.63, 3.8) is 0 Å². The first-order valence-corrected chi connectivity index (χ1v) is 10.3. The minimum atomic E-state index is -0.381. The van der Waals surface area contributed by atoms with Gasteiger partial charge in [0.15, 0.2) is 0 Å². The Balaban J connectivity index is 1.34. The van der Waals surface area contributed by atoms with Crippen LogP contribution in [0.15, 0.2) is 90.5 Å². The molecule has 0 aliphatic carbocycles. The molecule has 1 aromatic carbocycles. The van der Waals surface area contributed by atoms with Crippen LogP contribution in [-0.2, 0) is 18.4 Å². The highest BCUT2D eigenvalue weighted by molar-refractivity contribution is 6.15. The first-order valence-electron chi connectivity index (χ1n) is 10.3. The first-order chi connectivity index (χ1) is 16.0. The average molecular weight is 441 g/mol. The minimum Gasteiger partial charge on any atom is -0.489 e. The van der Waals surface area contributed by atoms with Crippen molar-refractivity contribution in [2.75, 3.05) is 6.54 Å². The Morgan fingerprint density at radius 2 is 1.97 bits per heavy atom. The molecule has 3 heterocycles. The van der Waals surface area contributed by atoms with E-state index in [0.717, 1.165) is 16.9 Å². The maximum absolute atomic E-state index is 12.3. The van der Waals surface area contributed by atoms with Gasteiger partial charge in [-0.05, 0) is 35.9 Å². The zero-order chi connectivity index (χ0) is 23.2. The lowest BCUT2D eigenvalue weighted by Gasteiger charge is -2.08. The number of aliphatic imine (C=N–C) groups is 1. The van der Waals surface area contributed by atoms with E-state index < -0.39 is 0 Å². The van der Waals surface area contributed by atoms with Gasteiger partial charge in [0.2, 0.25) is 5.91 Å². The zero-order valence-corrected chi connectivity index (χ0v) is 18.1. The van der Waals surface area contributed by atoms with Gasteiger partial charge >= 0.3 is 0 Å². The van der Waals surface area contributed by atoms with Gasteiger partial charge in [-0.2, -0.15) is 0 Å². The summed E-state index contributed by atoms with van der Waals surface area (Å²) < 4.78 is 7.54. The molecule has 166 valence electrons. The van der Waals surface area contributed by atoms with E-state index in [4.69, 9.17) is 4.74 Å². The Bertz CT molecular complexity index is 1260. The van der Waals surface area contributed by atoms with E-state index in [-0.39, 0.29) is 18.4 Å². The van der Waals surface area contributed by atoms with Crippen molar-refractivity contribution >= 4 is 23.3 Å². The number of hydrogen-bond donors (Lipinski definition) is 2. The molecule has 0 radical (unpaired) electrons. The zero-order valence-electron chi connectivity index (χ0n) is 18.1. The monoisotopic (exact) mass is 441 g/mol.